The predicted molar refractivity (Wildman–Crippen MR) is 282 cm³/mol. The Morgan fingerprint density at radius 1 is 0.544 bits per heavy atom. The van der Waals surface area contributed by atoms with Gasteiger partial charge in [0.25, 0.3) is 0 Å². The summed E-state index contributed by atoms with van der Waals surface area (Å²) in [4.78, 5) is 13.3. The van der Waals surface area contributed by atoms with Gasteiger partial charge in [0.05, 0.1) is 22.3 Å². The van der Waals surface area contributed by atoms with Crippen LogP contribution in [0.1, 0.15) is 56.4 Å². The van der Waals surface area contributed by atoms with Crippen molar-refractivity contribution in [3.63, 3.8) is 0 Å². The number of hydrogen-bond acceptors (Lipinski definition) is 3. The molecule has 3 aliphatic carbocycles. The zero-order valence-electron chi connectivity index (χ0n) is 38.8. The zero-order chi connectivity index (χ0) is 45.7. The van der Waals surface area contributed by atoms with Gasteiger partial charge in [0.1, 0.15) is 5.65 Å². The summed E-state index contributed by atoms with van der Waals surface area (Å²) >= 11 is 0. The molecule has 0 N–H and O–H groups in total. The van der Waals surface area contributed by atoms with E-state index in [1.54, 1.807) is 0 Å². The summed E-state index contributed by atoms with van der Waals surface area (Å²) in [6.45, 7) is 9.62. The lowest BCUT2D eigenvalue weighted by Gasteiger charge is -2.36. The van der Waals surface area contributed by atoms with E-state index in [0.29, 0.717) is 11.7 Å². The van der Waals surface area contributed by atoms with E-state index in [0.717, 1.165) is 67.7 Å². The van der Waals surface area contributed by atoms with Gasteiger partial charge in [-0.05, 0) is 111 Å². The van der Waals surface area contributed by atoms with E-state index >= 15 is 0 Å². The van der Waals surface area contributed by atoms with Crippen molar-refractivity contribution in [3.8, 4) is 50.6 Å². The first-order valence-corrected chi connectivity index (χ1v) is 23.9. The van der Waals surface area contributed by atoms with Gasteiger partial charge in [-0.1, -0.05) is 191 Å². The van der Waals surface area contributed by atoms with E-state index in [-0.39, 0.29) is 10.8 Å². The second kappa shape index (κ2) is 15.2. The summed E-state index contributed by atoms with van der Waals surface area (Å²) in [5.74, 6) is 1.06. The molecule has 0 saturated carbocycles. The maximum Gasteiger partial charge on any atom is 0.162 e. The van der Waals surface area contributed by atoms with Gasteiger partial charge in [-0.2, -0.15) is 0 Å². The molecule has 326 valence electrons. The molecule has 0 amide bonds. The Labute approximate surface area is 398 Å². The van der Waals surface area contributed by atoms with Crippen molar-refractivity contribution < 1.29 is 0 Å². The second-order valence-electron chi connectivity index (χ2n) is 19.7. The lowest BCUT2D eigenvalue weighted by Crippen LogP contribution is -2.27. The van der Waals surface area contributed by atoms with E-state index in [1.165, 1.54) is 50.3 Å². The summed E-state index contributed by atoms with van der Waals surface area (Å²) in [5, 5.41) is 2.15. The van der Waals surface area contributed by atoms with Gasteiger partial charge in [-0.15, -0.1) is 0 Å². The molecule has 10 aromatic rings. The summed E-state index contributed by atoms with van der Waals surface area (Å²) < 4.78 is 2.30. The van der Waals surface area contributed by atoms with Crippen LogP contribution in [0.25, 0.3) is 78.1 Å². The number of benzene rings is 8. The van der Waals surface area contributed by atoms with Gasteiger partial charge in [0.2, 0.25) is 0 Å². The van der Waals surface area contributed by atoms with Crippen molar-refractivity contribution in [3.05, 3.63) is 240 Å². The maximum absolute atomic E-state index is 5.38. The van der Waals surface area contributed by atoms with Crippen molar-refractivity contribution in [1.82, 2.24) is 14.5 Å². The first-order chi connectivity index (χ1) is 33.3. The molecule has 4 nitrogen and oxygen atoms in total. The van der Waals surface area contributed by atoms with Crippen LogP contribution in [0.15, 0.2) is 218 Å². The van der Waals surface area contributed by atoms with Crippen molar-refractivity contribution in [2.24, 2.45) is 5.92 Å². The van der Waals surface area contributed by atoms with E-state index in [4.69, 9.17) is 9.97 Å². The Balaban J connectivity index is 1.02. The first-order valence-electron chi connectivity index (χ1n) is 23.9. The number of para-hydroxylation sites is 1. The average molecular weight is 875 g/mol. The largest absolute Gasteiger partial charge is 0.310 e. The minimum Gasteiger partial charge on any atom is -0.310 e. The SMILES string of the molecule is CC1(C)c2ccccc2-c2c(N(C3=C4c5ccccc5C(C)(C)C4CC=C3)c3ccc(-c4ccc5c(c4)c4c(-c6ccccc6)nc(-c6ccccc6)nc4n5-c4ccccc4)cc3)cccc21. The van der Waals surface area contributed by atoms with Crippen LogP contribution >= 0.6 is 0 Å². The van der Waals surface area contributed by atoms with Gasteiger partial charge >= 0.3 is 0 Å². The van der Waals surface area contributed by atoms with Crippen molar-refractivity contribution in [2.45, 2.75) is 44.9 Å². The number of aromatic nitrogens is 3. The Morgan fingerprint density at radius 3 is 1.93 bits per heavy atom. The lowest BCUT2D eigenvalue weighted by molar-refractivity contribution is 0.413. The molecule has 4 heteroatoms. The quantitative estimate of drug-likeness (QED) is 0.160. The highest BCUT2D eigenvalue weighted by Gasteiger charge is 2.46. The van der Waals surface area contributed by atoms with Crippen LogP contribution in [-0.4, -0.2) is 14.5 Å². The highest BCUT2D eigenvalue weighted by atomic mass is 15.2. The van der Waals surface area contributed by atoms with Crippen molar-refractivity contribution in [2.75, 3.05) is 4.90 Å². The fourth-order valence-electron chi connectivity index (χ4n) is 11.9. The molecule has 0 bridgehead atoms. The number of nitrogens with zero attached hydrogens (tertiary/aromatic N) is 4. The third-order valence-corrected chi connectivity index (χ3v) is 15.3. The van der Waals surface area contributed by atoms with E-state index < -0.39 is 0 Å². The van der Waals surface area contributed by atoms with Crippen molar-refractivity contribution >= 4 is 38.9 Å². The van der Waals surface area contributed by atoms with Crippen LogP contribution < -0.4 is 4.90 Å². The predicted octanol–water partition coefficient (Wildman–Crippen LogP) is 16.3. The summed E-state index contributed by atoms with van der Waals surface area (Å²) in [5.41, 5.74) is 21.3. The zero-order valence-corrected chi connectivity index (χ0v) is 38.8. The summed E-state index contributed by atoms with van der Waals surface area (Å²) in [7, 11) is 0. The molecule has 0 saturated heterocycles. The van der Waals surface area contributed by atoms with E-state index in [1.807, 2.05) is 6.07 Å². The van der Waals surface area contributed by atoms with Crippen LogP contribution in [-0.2, 0) is 10.8 Å². The normalized spacial score (nSPS) is 16.1. The first kappa shape index (κ1) is 40.2. The molecule has 0 radical (unpaired) electrons. The third-order valence-electron chi connectivity index (χ3n) is 15.3. The molecule has 2 aromatic heterocycles. The third kappa shape index (κ3) is 6.00. The maximum atomic E-state index is 5.38. The van der Waals surface area contributed by atoms with E-state index in [9.17, 15) is 0 Å². The molecule has 2 heterocycles. The van der Waals surface area contributed by atoms with Gasteiger partial charge in [0.15, 0.2) is 5.82 Å². The molecule has 0 fully saturated rings. The van der Waals surface area contributed by atoms with Gasteiger partial charge in [0, 0.05) is 44.6 Å². The topological polar surface area (TPSA) is 34.0 Å². The van der Waals surface area contributed by atoms with Crippen LogP contribution in [0.2, 0.25) is 0 Å². The second-order valence-corrected chi connectivity index (χ2v) is 19.7. The van der Waals surface area contributed by atoms with Gasteiger partial charge < -0.3 is 4.90 Å². The van der Waals surface area contributed by atoms with Gasteiger partial charge in [-0.25, -0.2) is 9.97 Å². The number of allylic oxidation sites excluding steroid dienone is 3. The summed E-state index contributed by atoms with van der Waals surface area (Å²) in [6.07, 6.45) is 5.83. The minimum atomic E-state index is -0.126. The molecule has 3 aliphatic rings. The number of rotatable bonds is 7. The lowest BCUT2D eigenvalue weighted by atomic mass is 9.74. The molecule has 0 aliphatic heterocycles. The Bertz CT molecular complexity index is 3690. The fourth-order valence-corrected chi connectivity index (χ4v) is 11.9. The minimum absolute atomic E-state index is 0.00149. The highest BCUT2D eigenvalue weighted by molar-refractivity contribution is 6.15. The van der Waals surface area contributed by atoms with Gasteiger partial charge in [-0.3, -0.25) is 4.57 Å². The molecule has 1 atom stereocenters. The van der Waals surface area contributed by atoms with Crippen LogP contribution in [0, 0.1) is 5.92 Å². The molecule has 0 spiro atoms. The molecule has 68 heavy (non-hydrogen) atoms. The molecular formula is C64H50N4. The number of hydrogen-bond donors (Lipinski definition) is 0. The fraction of sp³-hybridized carbons (Fsp3) is 0.125. The average Bonchev–Trinajstić information content (AvgIpc) is 3.94. The molecule has 1 unspecified atom stereocenters. The molecule has 8 aromatic carbocycles. The molecule has 13 rings (SSSR count). The summed E-state index contributed by atoms with van der Waals surface area (Å²) in [6, 6.07) is 72.7. The Kier molecular flexibility index (Phi) is 9.01. The van der Waals surface area contributed by atoms with Crippen LogP contribution in [0.3, 0.4) is 0 Å². The number of anilines is 2. The smallest absolute Gasteiger partial charge is 0.162 e. The Morgan fingerprint density at radius 2 is 1.18 bits per heavy atom. The Hall–Kier alpha value is -8.08. The van der Waals surface area contributed by atoms with Crippen LogP contribution in [0.4, 0.5) is 11.4 Å². The van der Waals surface area contributed by atoms with Crippen molar-refractivity contribution in [1.29, 1.82) is 0 Å². The van der Waals surface area contributed by atoms with E-state index in [2.05, 4.69) is 243 Å². The number of fused-ring (bicyclic) bond motifs is 9. The monoisotopic (exact) mass is 874 g/mol. The standard InChI is InChI=1S/C64H50N4/c1-63(2)50-28-16-14-26-47(50)57-52(63)30-18-32-55(57)67(56-33-19-31-53-58(56)48-27-15-17-29-51(48)64(53,3)4)46-37-34-41(35-38-46)44-36-39-54-49(40-44)59-60(42-20-8-5-9-21-42)65-61(43-22-10-6-11-23-43)66-62(59)68(54)45-24-12-7-13-25-45/h5-30,32-40,53H,31H2,1-4H3. The highest BCUT2D eigenvalue weighted by Crippen LogP contribution is 2.58. The van der Waals surface area contributed by atoms with Crippen LogP contribution in [0.5, 0.6) is 0 Å². The molecular weight excluding hydrogens is 825 g/mol.